The second-order valence-corrected chi connectivity index (χ2v) is 8.30. The molecule has 1 atom stereocenters. The van der Waals surface area contributed by atoms with E-state index in [0.29, 0.717) is 37.5 Å². The number of hydrogen-bond acceptors (Lipinski definition) is 4. The second kappa shape index (κ2) is 7.85. The van der Waals surface area contributed by atoms with E-state index >= 15 is 0 Å². The zero-order chi connectivity index (χ0) is 20.5. The highest BCUT2D eigenvalue weighted by Crippen LogP contribution is 2.14. The Morgan fingerprint density at radius 2 is 2.17 bits per heavy atom. The fourth-order valence-corrected chi connectivity index (χ4v) is 3.82. The fourth-order valence-electron chi connectivity index (χ4n) is 3.82. The van der Waals surface area contributed by atoms with E-state index in [-0.39, 0.29) is 17.6 Å². The smallest absolute Gasteiger partial charge is 0.345 e. The lowest BCUT2D eigenvalue weighted by Gasteiger charge is -2.15. The first kappa shape index (κ1) is 19.4. The van der Waals surface area contributed by atoms with Crippen molar-refractivity contribution in [1.82, 2.24) is 29.0 Å². The van der Waals surface area contributed by atoms with Crippen LogP contribution in [0.2, 0.25) is 0 Å². The molecule has 0 bridgehead atoms. The Kier molecular flexibility index (Phi) is 5.25. The Bertz CT molecular complexity index is 1090. The van der Waals surface area contributed by atoms with Crippen LogP contribution in [0.5, 0.6) is 0 Å². The molecule has 0 aliphatic carbocycles. The molecular weight excluding hydrogens is 368 g/mol. The van der Waals surface area contributed by atoms with Crippen molar-refractivity contribution in [1.29, 1.82) is 0 Å². The highest BCUT2D eigenvalue weighted by molar-refractivity contribution is 5.93. The number of aryl methyl sites for hydroxylation is 3. The van der Waals surface area contributed by atoms with Crippen LogP contribution in [-0.2, 0) is 19.5 Å². The van der Waals surface area contributed by atoms with Gasteiger partial charge in [-0.25, -0.2) is 14.5 Å². The third-order valence-corrected chi connectivity index (χ3v) is 5.58. The van der Waals surface area contributed by atoms with Gasteiger partial charge >= 0.3 is 5.69 Å². The van der Waals surface area contributed by atoms with Gasteiger partial charge in [-0.2, -0.15) is 5.10 Å². The number of rotatable bonds is 5. The molecule has 0 radical (unpaired) electrons. The Balaban J connectivity index is 1.42. The van der Waals surface area contributed by atoms with Crippen molar-refractivity contribution < 1.29 is 4.79 Å². The molecule has 0 spiro atoms. The summed E-state index contributed by atoms with van der Waals surface area (Å²) in [5, 5.41) is 7.62. The number of aromatic nitrogens is 5. The number of carbonyl (C=O) groups excluding carboxylic acids is 1. The van der Waals surface area contributed by atoms with Crippen molar-refractivity contribution in [2.45, 2.75) is 65.6 Å². The standard InChI is InChI=1S/C21H28N6O2/c1-14(2)8-12-27-21(29)26-11-9-16(6-7-18(26)24-27)22-20(28)17-13-25-10-4-5-15(3)19(25)23-17/h4-5,10,13-14,16H,6-9,11-12H2,1-3H3,(H,22,28). The second-order valence-electron chi connectivity index (χ2n) is 8.30. The summed E-state index contributed by atoms with van der Waals surface area (Å²) in [6, 6.07) is 3.91. The molecular formula is C21H28N6O2. The number of nitrogens with one attached hydrogen (secondary N) is 1. The van der Waals surface area contributed by atoms with Crippen molar-refractivity contribution >= 4 is 11.6 Å². The molecule has 1 aliphatic heterocycles. The van der Waals surface area contributed by atoms with Gasteiger partial charge in [0.05, 0.1) is 0 Å². The average Bonchev–Trinajstić information content (AvgIpc) is 3.18. The summed E-state index contributed by atoms with van der Waals surface area (Å²) in [7, 11) is 0. The summed E-state index contributed by atoms with van der Waals surface area (Å²) >= 11 is 0. The number of pyridine rings is 1. The molecule has 4 heterocycles. The van der Waals surface area contributed by atoms with Crippen LogP contribution >= 0.6 is 0 Å². The van der Waals surface area contributed by atoms with Crippen molar-refractivity contribution in [2.24, 2.45) is 5.92 Å². The van der Waals surface area contributed by atoms with Crippen LogP contribution in [-0.4, -0.2) is 35.7 Å². The molecule has 1 aliphatic rings. The van der Waals surface area contributed by atoms with Gasteiger partial charge in [0.1, 0.15) is 17.2 Å². The van der Waals surface area contributed by atoms with E-state index in [1.165, 1.54) is 0 Å². The van der Waals surface area contributed by atoms with Gasteiger partial charge in [0.25, 0.3) is 5.91 Å². The van der Waals surface area contributed by atoms with Crippen LogP contribution in [0.25, 0.3) is 5.65 Å². The molecule has 4 rings (SSSR count). The maximum Gasteiger partial charge on any atom is 0.345 e. The van der Waals surface area contributed by atoms with E-state index in [1.807, 2.05) is 29.7 Å². The quantitative estimate of drug-likeness (QED) is 0.716. The van der Waals surface area contributed by atoms with E-state index in [4.69, 9.17) is 0 Å². The predicted octanol–water partition coefficient (Wildman–Crippen LogP) is 2.18. The minimum absolute atomic E-state index is 0.00127. The molecule has 1 amide bonds. The van der Waals surface area contributed by atoms with Gasteiger partial charge in [-0.05, 0) is 43.7 Å². The van der Waals surface area contributed by atoms with Gasteiger partial charge in [0, 0.05) is 37.9 Å². The van der Waals surface area contributed by atoms with Crippen LogP contribution in [0.1, 0.15) is 55.0 Å². The Labute approximate surface area is 169 Å². The highest BCUT2D eigenvalue weighted by Gasteiger charge is 2.23. The molecule has 3 aromatic rings. The summed E-state index contributed by atoms with van der Waals surface area (Å²) in [5.74, 6) is 1.18. The molecule has 3 aromatic heterocycles. The number of amides is 1. The van der Waals surface area contributed by atoms with Crippen LogP contribution in [0.3, 0.4) is 0 Å². The molecule has 0 saturated carbocycles. The normalized spacial score (nSPS) is 16.8. The summed E-state index contributed by atoms with van der Waals surface area (Å²) in [4.78, 5) is 29.8. The van der Waals surface area contributed by atoms with E-state index in [1.54, 1.807) is 15.4 Å². The zero-order valence-electron chi connectivity index (χ0n) is 17.3. The van der Waals surface area contributed by atoms with Gasteiger partial charge in [-0.1, -0.05) is 19.9 Å². The molecule has 0 saturated heterocycles. The molecule has 1 N–H and O–H groups in total. The van der Waals surface area contributed by atoms with Crippen LogP contribution in [0.15, 0.2) is 29.3 Å². The third-order valence-electron chi connectivity index (χ3n) is 5.58. The van der Waals surface area contributed by atoms with E-state index in [2.05, 4.69) is 29.2 Å². The lowest BCUT2D eigenvalue weighted by atomic mass is 10.1. The lowest BCUT2D eigenvalue weighted by molar-refractivity contribution is 0.0928. The van der Waals surface area contributed by atoms with Gasteiger partial charge in [0.2, 0.25) is 0 Å². The number of imidazole rings is 1. The van der Waals surface area contributed by atoms with Crippen molar-refractivity contribution in [2.75, 3.05) is 0 Å². The summed E-state index contributed by atoms with van der Waals surface area (Å²) < 4.78 is 5.22. The monoisotopic (exact) mass is 396 g/mol. The summed E-state index contributed by atoms with van der Waals surface area (Å²) in [6.07, 6.45) is 6.74. The van der Waals surface area contributed by atoms with Gasteiger partial charge in [-0.15, -0.1) is 0 Å². The topological polar surface area (TPSA) is 86.2 Å². The molecule has 29 heavy (non-hydrogen) atoms. The highest BCUT2D eigenvalue weighted by atomic mass is 16.2. The summed E-state index contributed by atoms with van der Waals surface area (Å²) in [6.45, 7) is 7.49. The van der Waals surface area contributed by atoms with Crippen LogP contribution in [0, 0.1) is 12.8 Å². The van der Waals surface area contributed by atoms with Crippen molar-refractivity contribution in [3.63, 3.8) is 0 Å². The molecule has 8 nitrogen and oxygen atoms in total. The number of hydrogen-bond donors (Lipinski definition) is 1. The zero-order valence-corrected chi connectivity index (χ0v) is 17.3. The number of fused-ring (bicyclic) bond motifs is 2. The SMILES string of the molecule is Cc1cccn2cc(C(=O)NC3CCc4nn(CCC(C)C)c(=O)n4CC3)nc12. The first-order valence-corrected chi connectivity index (χ1v) is 10.3. The minimum Gasteiger partial charge on any atom is -0.348 e. The predicted molar refractivity (Wildman–Crippen MR) is 110 cm³/mol. The molecule has 1 unspecified atom stereocenters. The number of carbonyl (C=O) groups is 1. The van der Waals surface area contributed by atoms with Gasteiger partial charge in [0.15, 0.2) is 0 Å². The summed E-state index contributed by atoms with van der Waals surface area (Å²) in [5.41, 5.74) is 2.20. The molecule has 154 valence electrons. The van der Waals surface area contributed by atoms with Crippen molar-refractivity contribution in [3.8, 4) is 0 Å². The van der Waals surface area contributed by atoms with E-state index in [9.17, 15) is 9.59 Å². The van der Waals surface area contributed by atoms with Gasteiger partial charge < -0.3 is 9.72 Å². The average molecular weight is 396 g/mol. The Hall–Kier alpha value is -2.90. The first-order valence-electron chi connectivity index (χ1n) is 10.3. The third kappa shape index (κ3) is 3.97. The maximum absolute atomic E-state index is 12.7. The van der Waals surface area contributed by atoms with E-state index in [0.717, 1.165) is 29.9 Å². The van der Waals surface area contributed by atoms with Crippen LogP contribution < -0.4 is 11.0 Å². The van der Waals surface area contributed by atoms with E-state index < -0.39 is 0 Å². The fraction of sp³-hybridized carbons (Fsp3) is 0.524. The lowest BCUT2D eigenvalue weighted by Crippen LogP contribution is -2.36. The van der Waals surface area contributed by atoms with Crippen LogP contribution in [0.4, 0.5) is 0 Å². The largest absolute Gasteiger partial charge is 0.348 e. The molecule has 0 aromatic carbocycles. The Morgan fingerprint density at radius 3 is 2.93 bits per heavy atom. The minimum atomic E-state index is -0.174. The number of nitrogens with zero attached hydrogens (tertiary/aromatic N) is 5. The molecule has 0 fully saturated rings. The maximum atomic E-state index is 12.7. The van der Waals surface area contributed by atoms with Gasteiger partial charge in [-0.3, -0.25) is 9.36 Å². The first-order chi connectivity index (χ1) is 13.9. The Morgan fingerprint density at radius 1 is 1.34 bits per heavy atom. The van der Waals surface area contributed by atoms with Crippen molar-refractivity contribution in [3.05, 3.63) is 52.1 Å². The molecule has 8 heteroatoms.